The lowest BCUT2D eigenvalue weighted by atomic mass is 9.91. The number of hydrogen-bond donors (Lipinski definition) is 1. The minimum atomic E-state index is 0.749. The van der Waals surface area contributed by atoms with E-state index in [4.69, 9.17) is 4.74 Å². The van der Waals surface area contributed by atoms with Crippen LogP contribution in [0.5, 0.6) is 0 Å². The van der Waals surface area contributed by atoms with Gasteiger partial charge in [-0.3, -0.25) is 5.10 Å². The molecule has 0 aliphatic carbocycles. The van der Waals surface area contributed by atoms with E-state index in [0.29, 0.717) is 0 Å². The first-order valence-electron chi connectivity index (χ1n) is 6.86. The van der Waals surface area contributed by atoms with Crippen LogP contribution < -0.4 is 0 Å². The number of hydrogen-bond acceptors (Lipinski definition) is 3. The molecule has 3 rings (SSSR count). The first kappa shape index (κ1) is 12.4. The topological polar surface area (TPSA) is 50.8 Å². The summed E-state index contributed by atoms with van der Waals surface area (Å²) >= 11 is 0. The van der Waals surface area contributed by atoms with Crippen LogP contribution >= 0.6 is 0 Å². The number of aryl methyl sites for hydroxylation is 1. The molecule has 1 N–H and O–H groups in total. The van der Waals surface area contributed by atoms with Crippen molar-refractivity contribution in [1.82, 2.24) is 15.2 Å². The SMILES string of the molecule is Cc1ccc(CC2CCOCC2)cc1-c1ncn[nH]1. The predicted octanol–water partition coefficient (Wildman–Crippen LogP) is 2.75. The Kier molecular flexibility index (Phi) is 3.60. The van der Waals surface area contributed by atoms with Crippen molar-refractivity contribution in [3.8, 4) is 11.4 Å². The van der Waals surface area contributed by atoms with E-state index in [2.05, 4.69) is 40.3 Å². The van der Waals surface area contributed by atoms with Gasteiger partial charge in [0.25, 0.3) is 0 Å². The van der Waals surface area contributed by atoms with Gasteiger partial charge in [0.2, 0.25) is 0 Å². The molecule has 1 aliphatic rings. The first-order chi connectivity index (χ1) is 9.33. The van der Waals surface area contributed by atoms with Crippen LogP contribution in [-0.2, 0) is 11.2 Å². The first-order valence-corrected chi connectivity index (χ1v) is 6.86. The summed E-state index contributed by atoms with van der Waals surface area (Å²) in [6.07, 6.45) is 5.03. The van der Waals surface area contributed by atoms with Gasteiger partial charge in [-0.2, -0.15) is 5.10 Å². The number of nitrogens with zero attached hydrogens (tertiary/aromatic N) is 2. The van der Waals surface area contributed by atoms with Crippen molar-refractivity contribution < 1.29 is 4.74 Å². The van der Waals surface area contributed by atoms with Crippen LogP contribution in [0.2, 0.25) is 0 Å². The highest BCUT2D eigenvalue weighted by Crippen LogP contribution is 2.25. The standard InChI is InChI=1S/C15H19N3O/c1-11-2-3-13(8-12-4-6-19-7-5-12)9-14(11)15-16-10-17-18-15/h2-3,9-10,12H,4-8H2,1H3,(H,16,17,18). The van der Waals surface area contributed by atoms with E-state index in [1.54, 1.807) is 6.33 Å². The number of nitrogens with one attached hydrogen (secondary N) is 1. The number of ether oxygens (including phenoxy) is 1. The Hall–Kier alpha value is -1.68. The van der Waals surface area contributed by atoms with Crippen molar-refractivity contribution in [1.29, 1.82) is 0 Å². The summed E-state index contributed by atoms with van der Waals surface area (Å²) in [6, 6.07) is 6.64. The molecular formula is C15H19N3O. The zero-order valence-corrected chi connectivity index (χ0v) is 11.2. The lowest BCUT2D eigenvalue weighted by Gasteiger charge is -2.22. The van der Waals surface area contributed by atoms with E-state index in [0.717, 1.165) is 36.9 Å². The van der Waals surface area contributed by atoms with Gasteiger partial charge in [0.15, 0.2) is 5.82 Å². The van der Waals surface area contributed by atoms with Crippen LogP contribution in [-0.4, -0.2) is 28.4 Å². The van der Waals surface area contributed by atoms with Crippen molar-refractivity contribution in [3.63, 3.8) is 0 Å². The van der Waals surface area contributed by atoms with E-state index >= 15 is 0 Å². The maximum atomic E-state index is 5.42. The van der Waals surface area contributed by atoms with Gasteiger partial charge in [-0.1, -0.05) is 12.1 Å². The monoisotopic (exact) mass is 257 g/mol. The third-order valence-electron chi connectivity index (χ3n) is 3.84. The van der Waals surface area contributed by atoms with Gasteiger partial charge in [0, 0.05) is 18.8 Å². The Labute approximate surface area is 113 Å². The second kappa shape index (κ2) is 5.53. The van der Waals surface area contributed by atoms with Crippen LogP contribution in [0.15, 0.2) is 24.5 Å². The average Bonchev–Trinajstić information content (AvgIpc) is 2.96. The summed E-state index contributed by atoms with van der Waals surface area (Å²) in [5.41, 5.74) is 3.76. The number of benzene rings is 1. The molecule has 100 valence electrons. The predicted molar refractivity (Wildman–Crippen MR) is 73.8 cm³/mol. The van der Waals surface area contributed by atoms with Gasteiger partial charge >= 0.3 is 0 Å². The number of H-pyrrole nitrogens is 1. The molecule has 0 unspecified atom stereocenters. The maximum absolute atomic E-state index is 5.42. The van der Waals surface area contributed by atoms with Gasteiger partial charge in [-0.25, -0.2) is 4.98 Å². The molecule has 0 spiro atoms. The molecule has 0 saturated carbocycles. The van der Waals surface area contributed by atoms with Crippen molar-refractivity contribution in [2.75, 3.05) is 13.2 Å². The second-order valence-electron chi connectivity index (χ2n) is 5.24. The molecule has 0 amide bonds. The van der Waals surface area contributed by atoms with E-state index in [-0.39, 0.29) is 0 Å². The zero-order valence-electron chi connectivity index (χ0n) is 11.2. The molecule has 19 heavy (non-hydrogen) atoms. The largest absolute Gasteiger partial charge is 0.381 e. The Morgan fingerprint density at radius 2 is 2.16 bits per heavy atom. The fourth-order valence-corrected chi connectivity index (χ4v) is 2.67. The van der Waals surface area contributed by atoms with Crippen LogP contribution in [0, 0.1) is 12.8 Å². The molecule has 1 fully saturated rings. The van der Waals surface area contributed by atoms with Crippen LogP contribution in [0.25, 0.3) is 11.4 Å². The molecule has 1 aliphatic heterocycles. The minimum Gasteiger partial charge on any atom is -0.381 e. The van der Waals surface area contributed by atoms with Crippen LogP contribution in [0.1, 0.15) is 24.0 Å². The van der Waals surface area contributed by atoms with Crippen molar-refractivity contribution in [3.05, 3.63) is 35.7 Å². The van der Waals surface area contributed by atoms with E-state index < -0.39 is 0 Å². The molecule has 0 radical (unpaired) electrons. The Morgan fingerprint density at radius 3 is 2.89 bits per heavy atom. The molecule has 1 aromatic carbocycles. The average molecular weight is 257 g/mol. The highest BCUT2D eigenvalue weighted by atomic mass is 16.5. The molecule has 1 aromatic heterocycles. The fraction of sp³-hybridized carbons (Fsp3) is 0.467. The van der Waals surface area contributed by atoms with Gasteiger partial charge in [0.1, 0.15) is 6.33 Å². The van der Waals surface area contributed by atoms with Gasteiger partial charge in [0.05, 0.1) is 0 Å². The Bertz CT molecular complexity index is 530. The highest BCUT2D eigenvalue weighted by Gasteiger charge is 2.15. The summed E-state index contributed by atoms with van der Waals surface area (Å²) in [5.74, 6) is 1.60. The summed E-state index contributed by atoms with van der Waals surface area (Å²) in [4.78, 5) is 4.25. The number of aromatic nitrogens is 3. The summed E-state index contributed by atoms with van der Waals surface area (Å²) in [7, 11) is 0. The molecule has 0 bridgehead atoms. The summed E-state index contributed by atoms with van der Waals surface area (Å²) in [6.45, 7) is 3.92. The third-order valence-corrected chi connectivity index (χ3v) is 3.84. The van der Waals surface area contributed by atoms with E-state index in [1.807, 2.05) is 0 Å². The number of rotatable bonds is 3. The van der Waals surface area contributed by atoms with E-state index in [9.17, 15) is 0 Å². The normalized spacial score (nSPS) is 16.7. The highest BCUT2D eigenvalue weighted by molar-refractivity contribution is 5.60. The quantitative estimate of drug-likeness (QED) is 0.919. The summed E-state index contributed by atoms with van der Waals surface area (Å²) < 4.78 is 5.42. The maximum Gasteiger partial charge on any atom is 0.155 e. The number of aromatic amines is 1. The van der Waals surface area contributed by atoms with Gasteiger partial charge in [-0.15, -0.1) is 0 Å². The van der Waals surface area contributed by atoms with Crippen molar-refractivity contribution in [2.24, 2.45) is 5.92 Å². The smallest absolute Gasteiger partial charge is 0.155 e. The minimum absolute atomic E-state index is 0.749. The molecule has 4 nitrogen and oxygen atoms in total. The Balaban J connectivity index is 1.81. The lowest BCUT2D eigenvalue weighted by Crippen LogP contribution is -2.17. The zero-order chi connectivity index (χ0) is 13.1. The molecule has 2 heterocycles. The molecule has 2 aromatic rings. The molecule has 1 saturated heterocycles. The van der Waals surface area contributed by atoms with Gasteiger partial charge in [-0.05, 0) is 49.3 Å². The molecule has 0 atom stereocenters. The lowest BCUT2D eigenvalue weighted by molar-refractivity contribution is 0.0665. The second-order valence-corrected chi connectivity index (χ2v) is 5.24. The van der Waals surface area contributed by atoms with Crippen LogP contribution in [0.3, 0.4) is 0 Å². The fourth-order valence-electron chi connectivity index (χ4n) is 2.67. The van der Waals surface area contributed by atoms with E-state index in [1.165, 1.54) is 24.0 Å². The van der Waals surface area contributed by atoms with Gasteiger partial charge < -0.3 is 4.74 Å². The molecule has 4 heteroatoms. The summed E-state index contributed by atoms with van der Waals surface area (Å²) in [5, 5.41) is 6.88. The van der Waals surface area contributed by atoms with Crippen molar-refractivity contribution >= 4 is 0 Å². The van der Waals surface area contributed by atoms with Crippen LogP contribution in [0.4, 0.5) is 0 Å². The Morgan fingerprint density at radius 1 is 1.32 bits per heavy atom. The molecular weight excluding hydrogens is 238 g/mol. The third kappa shape index (κ3) is 2.84. The van der Waals surface area contributed by atoms with Crippen molar-refractivity contribution in [2.45, 2.75) is 26.2 Å².